The average molecular weight is 180 g/mol. The first-order valence-electron chi connectivity index (χ1n) is 4.29. The first kappa shape index (κ1) is 9.71. The maximum atomic E-state index is 5.83. The van der Waals surface area contributed by atoms with Gasteiger partial charge in [-0.05, 0) is 18.1 Å². The van der Waals surface area contributed by atoms with Crippen molar-refractivity contribution in [2.45, 2.75) is 19.8 Å². The summed E-state index contributed by atoms with van der Waals surface area (Å²) in [4.78, 5) is 0. The monoisotopic (exact) mass is 180 g/mol. The van der Waals surface area contributed by atoms with Crippen LogP contribution in [-0.2, 0) is 0 Å². The van der Waals surface area contributed by atoms with Crippen LogP contribution in [0.2, 0.25) is 0 Å². The van der Waals surface area contributed by atoms with Crippen LogP contribution >= 0.6 is 0 Å². The Balaban J connectivity index is 3.35. The van der Waals surface area contributed by atoms with Crippen molar-refractivity contribution in [2.75, 3.05) is 18.6 Å². The average Bonchev–Trinajstić information content (AvgIpc) is 2.07. The fourth-order valence-electron chi connectivity index (χ4n) is 1.45. The van der Waals surface area contributed by atoms with Crippen LogP contribution in [0.4, 0.5) is 11.4 Å². The smallest absolute Gasteiger partial charge is 0.147 e. The molecular formula is C10H16N2O. The molecule has 1 aromatic rings. The summed E-state index contributed by atoms with van der Waals surface area (Å²) in [6.45, 7) is 4.13. The zero-order valence-electron chi connectivity index (χ0n) is 8.29. The van der Waals surface area contributed by atoms with Gasteiger partial charge in [-0.1, -0.05) is 13.8 Å². The van der Waals surface area contributed by atoms with Gasteiger partial charge in [-0.15, -0.1) is 0 Å². The van der Waals surface area contributed by atoms with Crippen LogP contribution in [0.5, 0.6) is 5.75 Å². The highest BCUT2D eigenvalue weighted by molar-refractivity contribution is 5.67. The molecule has 0 atom stereocenters. The molecule has 0 saturated heterocycles. The maximum Gasteiger partial charge on any atom is 0.147 e. The van der Waals surface area contributed by atoms with Crippen LogP contribution in [0.25, 0.3) is 0 Å². The van der Waals surface area contributed by atoms with Gasteiger partial charge in [-0.3, -0.25) is 0 Å². The molecule has 72 valence electrons. The minimum Gasteiger partial charge on any atom is -0.494 e. The number of nitrogen functional groups attached to an aromatic ring is 2. The number of anilines is 2. The largest absolute Gasteiger partial charge is 0.494 e. The van der Waals surface area contributed by atoms with Crippen LogP contribution in [0.3, 0.4) is 0 Å². The topological polar surface area (TPSA) is 61.3 Å². The Bertz CT molecular complexity index is 308. The summed E-state index contributed by atoms with van der Waals surface area (Å²) >= 11 is 0. The quantitative estimate of drug-likeness (QED) is 0.684. The summed E-state index contributed by atoms with van der Waals surface area (Å²) < 4.78 is 5.21. The van der Waals surface area contributed by atoms with Crippen LogP contribution in [0.1, 0.15) is 25.3 Å². The zero-order chi connectivity index (χ0) is 10.0. The molecule has 1 rings (SSSR count). The van der Waals surface area contributed by atoms with E-state index in [9.17, 15) is 0 Å². The summed E-state index contributed by atoms with van der Waals surface area (Å²) in [7, 11) is 1.61. The molecule has 0 aliphatic heterocycles. The Labute approximate surface area is 78.7 Å². The number of hydrogen-bond acceptors (Lipinski definition) is 3. The Morgan fingerprint density at radius 2 is 1.69 bits per heavy atom. The predicted molar refractivity (Wildman–Crippen MR) is 55.9 cm³/mol. The van der Waals surface area contributed by atoms with Crippen molar-refractivity contribution in [3.05, 3.63) is 17.7 Å². The van der Waals surface area contributed by atoms with Gasteiger partial charge in [0, 0.05) is 11.3 Å². The van der Waals surface area contributed by atoms with E-state index in [1.54, 1.807) is 13.2 Å². The molecule has 0 aliphatic rings. The van der Waals surface area contributed by atoms with Gasteiger partial charge in [0.05, 0.1) is 12.8 Å². The van der Waals surface area contributed by atoms with Gasteiger partial charge < -0.3 is 16.2 Å². The normalized spacial score (nSPS) is 10.5. The van der Waals surface area contributed by atoms with E-state index in [1.165, 1.54) is 0 Å². The van der Waals surface area contributed by atoms with Gasteiger partial charge in [0.2, 0.25) is 0 Å². The van der Waals surface area contributed by atoms with Crippen molar-refractivity contribution in [1.29, 1.82) is 0 Å². The van der Waals surface area contributed by atoms with Crippen molar-refractivity contribution in [1.82, 2.24) is 0 Å². The highest BCUT2D eigenvalue weighted by Gasteiger charge is 2.13. The van der Waals surface area contributed by atoms with Gasteiger partial charge in [-0.25, -0.2) is 0 Å². The van der Waals surface area contributed by atoms with Crippen LogP contribution in [0, 0.1) is 0 Å². The Morgan fingerprint density at radius 1 is 1.15 bits per heavy atom. The summed E-state index contributed by atoms with van der Waals surface area (Å²) in [6, 6.07) is 3.58. The predicted octanol–water partition coefficient (Wildman–Crippen LogP) is 1.98. The summed E-state index contributed by atoms with van der Waals surface area (Å²) in [5.41, 5.74) is 14.0. The second-order valence-electron chi connectivity index (χ2n) is 3.35. The van der Waals surface area contributed by atoms with Gasteiger partial charge >= 0.3 is 0 Å². The van der Waals surface area contributed by atoms with Gasteiger partial charge in [0.1, 0.15) is 5.75 Å². The minimum absolute atomic E-state index is 0.318. The Hall–Kier alpha value is -1.38. The third-order valence-electron chi connectivity index (χ3n) is 2.04. The lowest BCUT2D eigenvalue weighted by Gasteiger charge is -2.16. The highest BCUT2D eigenvalue weighted by atomic mass is 16.5. The van der Waals surface area contributed by atoms with E-state index in [-0.39, 0.29) is 0 Å². The molecule has 0 radical (unpaired) electrons. The first-order valence-corrected chi connectivity index (χ1v) is 4.29. The van der Waals surface area contributed by atoms with Crippen molar-refractivity contribution >= 4 is 11.4 Å². The molecule has 0 aromatic heterocycles. The molecule has 0 amide bonds. The third kappa shape index (κ3) is 1.69. The lowest BCUT2D eigenvalue weighted by atomic mass is 9.99. The van der Waals surface area contributed by atoms with E-state index >= 15 is 0 Å². The van der Waals surface area contributed by atoms with E-state index in [4.69, 9.17) is 16.2 Å². The first-order chi connectivity index (χ1) is 6.07. The van der Waals surface area contributed by atoms with Crippen molar-refractivity contribution in [3.63, 3.8) is 0 Å². The molecule has 3 nitrogen and oxygen atoms in total. The molecule has 0 unspecified atom stereocenters. The Morgan fingerprint density at radius 3 is 2.08 bits per heavy atom. The number of benzene rings is 1. The lowest BCUT2D eigenvalue weighted by Crippen LogP contribution is -2.03. The van der Waals surface area contributed by atoms with E-state index in [1.807, 2.05) is 6.07 Å². The van der Waals surface area contributed by atoms with Crippen molar-refractivity contribution in [2.24, 2.45) is 0 Å². The number of methoxy groups -OCH3 is 1. The van der Waals surface area contributed by atoms with Crippen LogP contribution < -0.4 is 16.2 Å². The highest BCUT2D eigenvalue weighted by Crippen LogP contribution is 2.36. The number of nitrogens with two attached hydrogens (primary N) is 2. The maximum absolute atomic E-state index is 5.83. The molecule has 0 fully saturated rings. The summed E-state index contributed by atoms with van der Waals surface area (Å²) in [5.74, 6) is 1.02. The SMILES string of the molecule is COc1c(N)ccc(N)c1C(C)C. The Kier molecular flexibility index (Phi) is 2.66. The molecule has 0 aliphatic carbocycles. The zero-order valence-corrected chi connectivity index (χ0v) is 8.29. The molecule has 0 heterocycles. The number of ether oxygens (including phenoxy) is 1. The fourth-order valence-corrected chi connectivity index (χ4v) is 1.45. The van der Waals surface area contributed by atoms with Gasteiger partial charge in [0.25, 0.3) is 0 Å². The molecule has 0 bridgehead atoms. The van der Waals surface area contributed by atoms with Crippen molar-refractivity contribution in [3.8, 4) is 5.75 Å². The van der Waals surface area contributed by atoms with E-state index < -0.39 is 0 Å². The van der Waals surface area contributed by atoms with Crippen molar-refractivity contribution < 1.29 is 4.74 Å². The second kappa shape index (κ2) is 3.56. The van der Waals surface area contributed by atoms with E-state index in [2.05, 4.69) is 13.8 Å². The lowest BCUT2D eigenvalue weighted by molar-refractivity contribution is 0.410. The fraction of sp³-hybridized carbons (Fsp3) is 0.400. The van der Waals surface area contributed by atoms with E-state index in [0.29, 0.717) is 17.4 Å². The van der Waals surface area contributed by atoms with E-state index in [0.717, 1.165) is 11.3 Å². The standard InChI is InChI=1S/C10H16N2O/c1-6(2)9-7(11)4-5-8(12)10(9)13-3/h4-6H,11-12H2,1-3H3. The third-order valence-corrected chi connectivity index (χ3v) is 2.04. The van der Waals surface area contributed by atoms with Gasteiger partial charge in [-0.2, -0.15) is 0 Å². The molecule has 1 aromatic carbocycles. The molecule has 3 heteroatoms. The summed E-state index contributed by atoms with van der Waals surface area (Å²) in [5, 5.41) is 0. The summed E-state index contributed by atoms with van der Waals surface area (Å²) in [6.07, 6.45) is 0. The molecule has 4 N–H and O–H groups in total. The number of hydrogen-bond donors (Lipinski definition) is 2. The molecule has 0 spiro atoms. The van der Waals surface area contributed by atoms with Crippen LogP contribution in [-0.4, -0.2) is 7.11 Å². The minimum atomic E-state index is 0.318. The second-order valence-corrected chi connectivity index (χ2v) is 3.35. The molecule has 0 saturated carbocycles. The molecular weight excluding hydrogens is 164 g/mol. The van der Waals surface area contributed by atoms with Crippen LogP contribution in [0.15, 0.2) is 12.1 Å². The molecule has 13 heavy (non-hydrogen) atoms. The number of rotatable bonds is 2. The van der Waals surface area contributed by atoms with Gasteiger partial charge in [0.15, 0.2) is 0 Å².